The molecule has 1 aliphatic rings. The second kappa shape index (κ2) is 6.66. The molecule has 122 valence electrons. The standard InChI is InChI=1S/C17H20N2O3S/c1-11(16-18-13-8-3-4-9-14(13)23-16)19(2)15(20)10-22-17(21)12-6-5-7-12/h3-4,8-9,11-12H,5-7,10H2,1-2H3/t11-/m1/s1. The first kappa shape index (κ1) is 15.9. The molecule has 2 aromatic rings. The number of ether oxygens (including phenoxy) is 1. The Bertz CT molecular complexity index is 690. The van der Waals surface area contributed by atoms with Gasteiger partial charge in [-0.1, -0.05) is 18.6 Å². The highest BCUT2D eigenvalue weighted by atomic mass is 32.1. The lowest BCUT2D eigenvalue weighted by Crippen LogP contribution is -2.35. The van der Waals surface area contributed by atoms with Gasteiger partial charge in [-0.3, -0.25) is 9.59 Å². The average Bonchev–Trinajstić information content (AvgIpc) is 2.93. The number of hydrogen-bond donors (Lipinski definition) is 0. The number of rotatable bonds is 5. The summed E-state index contributed by atoms with van der Waals surface area (Å²) in [5, 5.41) is 0.882. The first-order chi connectivity index (χ1) is 11.1. The quantitative estimate of drug-likeness (QED) is 0.789. The van der Waals surface area contributed by atoms with Gasteiger partial charge < -0.3 is 9.64 Å². The zero-order valence-corrected chi connectivity index (χ0v) is 14.1. The van der Waals surface area contributed by atoms with Gasteiger partial charge in [-0.2, -0.15) is 0 Å². The van der Waals surface area contributed by atoms with E-state index in [4.69, 9.17) is 4.74 Å². The summed E-state index contributed by atoms with van der Waals surface area (Å²) in [4.78, 5) is 30.1. The van der Waals surface area contributed by atoms with Crippen LogP contribution in [0.25, 0.3) is 10.2 Å². The molecule has 3 rings (SSSR count). The summed E-state index contributed by atoms with van der Waals surface area (Å²) in [7, 11) is 1.72. The Labute approximate surface area is 139 Å². The molecule has 1 aromatic heterocycles. The Morgan fingerprint density at radius 2 is 2.13 bits per heavy atom. The number of nitrogens with zero attached hydrogens (tertiary/aromatic N) is 2. The predicted molar refractivity (Wildman–Crippen MR) is 89.1 cm³/mol. The van der Waals surface area contributed by atoms with Crippen LogP contribution in [0.15, 0.2) is 24.3 Å². The molecule has 0 aliphatic heterocycles. The summed E-state index contributed by atoms with van der Waals surface area (Å²) in [6.45, 7) is 1.74. The summed E-state index contributed by atoms with van der Waals surface area (Å²) < 4.78 is 6.23. The van der Waals surface area contributed by atoms with Crippen LogP contribution < -0.4 is 0 Å². The fourth-order valence-electron chi connectivity index (χ4n) is 2.45. The van der Waals surface area contributed by atoms with Gasteiger partial charge in [0.25, 0.3) is 5.91 Å². The van der Waals surface area contributed by atoms with Gasteiger partial charge in [0, 0.05) is 7.05 Å². The lowest BCUT2D eigenvalue weighted by atomic mass is 9.86. The van der Waals surface area contributed by atoms with E-state index in [1.165, 1.54) is 0 Å². The van der Waals surface area contributed by atoms with Crippen LogP contribution in [-0.2, 0) is 14.3 Å². The molecule has 0 unspecified atom stereocenters. The Balaban J connectivity index is 1.60. The lowest BCUT2D eigenvalue weighted by molar-refractivity contribution is -0.157. The molecule has 0 saturated heterocycles. The van der Waals surface area contributed by atoms with Crippen LogP contribution >= 0.6 is 11.3 Å². The molecule has 1 aliphatic carbocycles. The Hall–Kier alpha value is -1.95. The maximum atomic E-state index is 12.2. The van der Waals surface area contributed by atoms with Gasteiger partial charge in [-0.25, -0.2) is 4.98 Å². The van der Waals surface area contributed by atoms with E-state index in [9.17, 15) is 9.59 Å². The number of likely N-dealkylation sites (N-methyl/N-ethyl adjacent to an activating group) is 1. The molecule has 1 atom stereocenters. The summed E-state index contributed by atoms with van der Waals surface area (Å²) in [5.41, 5.74) is 0.941. The van der Waals surface area contributed by atoms with Gasteiger partial charge in [-0.05, 0) is 31.9 Å². The number of carbonyl (C=O) groups excluding carboxylic acids is 2. The van der Waals surface area contributed by atoms with Gasteiger partial charge in [0.2, 0.25) is 0 Å². The number of amides is 1. The van der Waals surface area contributed by atoms with Crippen LogP contribution in [0.3, 0.4) is 0 Å². The molecule has 6 heteroatoms. The Morgan fingerprint density at radius 3 is 2.78 bits per heavy atom. The number of para-hydroxylation sites is 1. The van der Waals surface area contributed by atoms with Gasteiger partial charge in [-0.15, -0.1) is 11.3 Å². The van der Waals surface area contributed by atoms with Crippen molar-refractivity contribution in [3.05, 3.63) is 29.3 Å². The minimum absolute atomic E-state index is 0.00482. The maximum absolute atomic E-state index is 12.2. The first-order valence-corrected chi connectivity index (χ1v) is 8.65. The minimum atomic E-state index is -0.245. The summed E-state index contributed by atoms with van der Waals surface area (Å²) in [5.74, 6) is -0.454. The largest absolute Gasteiger partial charge is 0.455 e. The zero-order valence-electron chi connectivity index (χ0n) is 13.3. The van der Waals surface area contributed by atoms with E-state index in [0.29, 0.717) is 0 Å². The molecular formula is C17H20N2O3S. The number of thiazole rings is 1. The number of esters is 1. The third-order valence-electron chi connectivity index (χ3n) is 4.42. The summed E-state index contributed by atoms with van der Waals surface area (Å²) in [6.07, 6.45) is 2.83. The van der Waals surface area contributed by atoms with Crippen molar-refractivity contribution >= 4 is 33.4 Å². The monoisotopic (exact) mass is 332 g/mol. The minimum Gasteiger partial charge on any atom is -0.455 e. The highest BCUT2D eigenvalue weighted by molar-refractivity contribution is 7.18. The van der Waals surface area contributed by atoms with E-state index in [-0.39, 0.29) is 30.4 Å². The SMILES string of the molecule is C[C@H](c1nc2ccccc2s1)N(C)C(=O)COC(=O)C1CCC1. The fourth-order valence-corrected chi connectivity index (χ4v) is 3.51. The third kappa shape index (κ3) is 3.37. The van der Waals surface area contributed by atoms with Crippen LogP contribution in [-0.4, -0.2) is 35.4 Å². The highest BCUT2D eigenvalue weighted by Crippen LogP contribution is 2.29. The predicted octanol–water partition coefficient (Wildman–Crippen LogP) is 3.16. The number of aromatic nitrogens is 1. The van der Waals surface area contributed by atoms with Crippen LogP contribution in [0.5, 0.6) is 0 Å². The maximum Gasteiger partial charge on any atom is 0.309 e. The second-order valence-corrected chi connectivity index (χ2v) is 7.00. The van der Waals surface area contributed by atoms with E-state index < -0.39 is 0 Å². The van der Waals surface area contributed by atoms with E-state index in [1.807, 2.05) is 31.2 Å². The van der Waals surface area contributed by atoms with Gasteiger partial charge in [0.15, 0.2) is 6.61 Å². The molecule has 0 spiro atoms. The van der Waals surface area contributed by atoms with Crippen LogP contribution in [0.4, 0.5) is 0 Å². The molecule has 23 heavy (non-hydrogen) atoms. The zero-order chi connectivity index (χ0) is 16.4. The lowest BCUT2D eigenvalue weighted by Gasteiger charge is -2.25. The Morgan fingerprint density at radius 1 is 1.39 bits per heavy atom. The molecule has 1 saturated carbocycles. The molecule has 1 amide bonds. The van der Waals surface area contributed by atoms with Crippen molar-refractivity contribution < 1.29 is 14.3 Å². The first-order valence-electron chi connectivity index (χ1n) is 7.84. The van der Waals surface area contributed by atoms with Gasteiger partial charge >= 0.3 is 5.97 Å². The molecule has 1 aromatic carbocycles. The fraction of sp³-hybridized carbons (Fsp3) is 0.471. The van der Waals surface area contributed by atoms with Crippen molar-refractivity contribution in [2.75, 3.05) is 13.7 Å². The highest BCUT2D eigenvalue weighted by Gasteiger charge is 2.28. The smallest absolute Gasteiger partial charge is 0.309 e. The number of hydrogen-bond acceptors (Lipinski definition) is 5. The van der Waals surface area contributed by atoms with Crippen molar-refractivity contribution in [2.24, 2.45) is 5.92 Å². The van der Waals surface area contributed by atoms with Crippen LogP contribution in [0.2, 0.25) is 0 Å². The van der Waals surface area contributed by atoms with Crippen molar-refractivity contribution in [1.29, 1.82) is 0 Å². The summed E-state index contributed by atoms with van der Waals surface area (Å²) in [6, 6.07) is 7.76. The normalized spacial score (nSPS) is 15.9. The molecule has 1 heterocycles. The van der Waals surface area contributed by atoms with E-state index in [2.05, 4.69) is 4.98 Å². The van der Waals surface area contributed by atoms with Crippen molar-refractivity contribution in [1.82, 2.24) is 9.88 Å². The molecule has 0 radical (unpaired) electrons. The molecule has 1 fully saturated rings. The van der Waals surface area contributed by atoms with Crippen molar-refractivity contribution in [2.45, 2.75) is 32.2 Å². The number of benzene rings is 1. The third-order valence-corrected chi connectivity index (χ3v) is 5.63. The molecule has 5 nitrogen and oxygen atoms in total. The molecule has 0 bridgehead atoms. The second-order valence-electron chi connectivity index (χ2n) is 5.94. The Kier molecular flexibility index (Phi) is 4.61. The van der Waals surface area contributed by atoms with E-state index in [1.54, 1.807) is 23.3 Å². The summed E-state index contributed by atoms with van der Waals surface area (Å²) >= 11 is 1.58. The molecular weight excluding hydrogens is 312 g/mol. The van der Waals surface area contributed by atoms with Crippen LogP contribution in [0.1, 0.15) is 37.2 Å². The van der Waals surface area contributed by atoms with E-state index in [0.717, 1.165) is 34.5 Å². The van der Waals surface area contributed by atoms with Crippen LogP contribution in [0, 0.1) is 5.92 Å². The topological polar surface area (TPSA) is 59.5 Å². The van der Waals surface area contributed by atoms with Gasteiger partial charge in [0.1, 0.15) is 5.01 Å². The van der Waals surface area contributed by atoms with E-state index >= 15 is 0 Å². The van der Waals surface area contributed by atoms with Crippen molar-refractivity contribution in [3.8, 4) is 0 Å². The molecule has 0 N–H and O–H groups in total. The average molecular weight is 332 g/mol. The number of carbonyl (C=O) groups is 2. The number of fused-ring (bicyclic) bond motifs is 1. The van der Waals surface area contributed by atoms with Gasteiger partial charge in [0.05, 0.1) is 22.2 Å². The van der Waals surface area contributed by atoms with Crippen molar-refractivity contribution in [3.63, 3.8) is 0 Å².